The SMILES string of the molecule is C=C/C=C(\C=C)SNC(C)=O. The maximum Gasteiger partial charge on any atom is 0.226 e. The van der Waals surface area contributed by atoms with Crippen LogP contribution in [0, 0.1) is 0 Å². The second kappa shape index (κ2) is 5.80. The van der Waals surface area contributed by atoms with Gasteiger partial charge in [0.05, 0.1) is 0 Å². The van der Waals surface area contributed by atoms with Gasteiger partial charge in [-0.3, -0.25) is 9.52 Å². The average Bonchev–Trinajstić information content (AvgIpc) is 1.97. The van der Waals surface area contributed by atoms with E-state index in [2.05, 4.69) is 17.9 Å². The molecule has 1 amide bonds. The highest BCUT2D eigenvalue weighted by Gasteiger charge is 1.92. The van der Waals surface area contributed by atoms with Gasteiger partial charge in [0.2, 0.25) is 5.91 Å². The minimum atomic E-state index is -0.0770. The van der Waals surface area contributed by atoms with E-state index in [9.17, 15) is 4.79 Å². The molecule has 3 heteroatoms. The van der Waals surface area contributed by atoms with Crippen LogP contribution in [0.1, 0.15) is 6.92 Å². The van der Waals surface area contributed by atoms with Crippen molar-refractivity contribution in [1.29, 1.82) is 0 Å². The number of hydrogen-bond acceptors (Lipinski definition) is 2. The molecule has 0 aliphatic rings. The predicted molar refractivity (Wildman–Crippen MR) is 49.9 cm³/mol. The third-order valence-electron chi connectivity index (χ3n) is 0.796. The van der Waals surface area contributed by atoms with Crippen LogP contribution < -0.4 is 4.72 Å². The highest BCUT2D eigenvalue weighted by Crippen LogP contribution is 2.11. The number of nitrogens with one attached hydrogen (secondary N) is 1. The summed E-state index contributed by atoms with van der Waals surface area (Å²) in [4.78, 5) is 11.3. The van der Waals surface area contributed by atoms with Gasteiger partial charge >= 0.3 is 0 Å². The highest BCUT2D eigenvalue weighted by atomic mass is 32.2. The van der Waals surface area contributed by atoms with Crippen LogP contribution in [-0.4, -0.2) is 5.91 Å². The molecule has 0 spiro atoms. The summed E-state index contributed by atoms with van der Waals surface area (Å²) < 4.78 is 2.57. The van der Waals surface area contributed by atoms with Crippen molar-refractivity contribution in [3.63, 3.8) is 0 Å². The zero-order valence-corrected chi connectivity index (χ0v) is 7.28. The lowest BCUT2D eigenvalue weighted by atomic mass is 10.5. The van der Waals surface area contributed by atoms with Crippen LogP contribution in [0.5, 0.6) is 0 Å². The first-order chi connectivity index (χ1) is 5.20. The molecule has 0 aromatic heterocycles. The van der Waals surface area contributed by atoms with Gasteiger partial charge in [0.1, 0.15) is 0 Å². The summed E-state index contributed by atoms with van der Waals surface area (Å²) in [6.45, 7) is 8.55. The first-order valence-corrected chi connectivity index (χ1v) is 3.91. The minimum Gasteiger partial charge on any atom is -0.296 e. The molecule has 2 nitrogen and oxygen atoms in total. The molecule has 0 heterocycles. The van der Waals surface area contributed by atoms with E-state index < -0.39 is 0 Å². The molecule has 1 N–H and O–H groups in total. The fourth-order valence-corrected chi connectivity index (χ4v) is 0.900. The molecule has 60 valence electrons. The molecule has 0 saturated heterocycles. The van der Waals surface area contributed by atoms with Crippen LogP contribution in [0.4, 0.5) is 0 Å². The predicted octanol–water partition coefficient (Wildman–Crippen LogP) is 2.03. The summed E-state index contributed by atoms with van der Waals surface area (Å²) in [5, 5.41) is 0. The Morgan fingerprint density at radius 2 is 2.18 bits per heavy atom. The molecule has 0 aliphatic carbocycles. The molecular formula is C8H11NOS. The number of carbonyl (C=O) groups excluding carboxylic acids is 1. The van der Waals surface area contributed by atoms with E-state index in [1.54, 1.807) is 18.2 Å². The maximum atomic E-state index is 10.4. The van der Waals surface area contributed by atoms with Gasteiger partial charge < -0.3 is 0 Å². The van der Waals surface area contributed by atoms with Crippen molar-refractivity contribution in [3.05, 3.63) is 36.3 Å². The van der Waals surface area contributed by atoms with E-state index in [1.807, 2.05) is 0 Å². The standard InChI is InChI=1S/C8H11NOS/c1-4-6-8(5-2)11-9-7(3)10/h4-6H,1-2H2,3H3,(H,9,10)/b8-6+. The molecular weight excluding hydrogens is 158 g/mol. The van der Waals surface area contributed by atoms with E-state index in [1.165, 1.54) is 18.9 Å². The van der Waals surface area contributed by atoms with Crippen molar-refractivity contribution < 1.29 is 4.79 Å². The lowest BCUT2D eigenvalue weighted by Gasteiger charge is -1.99. The number of amides is 1. The summed E-state index contributed by atoms with van der Waals surface area (Å²) in [7, 11) is 0. The van der Waals surface area contributed by atoms with Crippen LogP contribution in [0.3, 0.4) is 0 Å². The molecule has 0 unspecified atom stereocenters. The van der Waals surface area contributed by atoms with Gasteiger partial charge in [-0.05, 0) is 18.0 Å². The monoisotopic (exact) mass is 169 g/mol. The van der Waals surface area contributed by atoms with Crippen LogP contribution in [0.25, 0.3) is 0 Å². The van der Waals surface area contributed by atoms with Crippen LogP contribution in [0.2, 0.25) is 0 Å². The number of carbonyl (C=O) groups is 1. The van der Waals surface area contributed by atoms with Crippen LogP contribution in [0.15, 0.2) is 36.3 Å². The third-order valence-corrected chi connectivity index (χ3v) is 1.72. The van der Waals surface area contributed by atoms with Crippen LogP contribution in [-0.2, 0) is 4.79 Å². The highest BCUT2D eigenvalue weighted by molar-refractivity contribution is 8.01. The van der Waals surface area contributed by atoms with Gasteiger partial charge in [-0.2, -0.15) is 0 Å². The fraction of sp³-hybridized carbons (Fsp3) is 0.125. The van der Waals surface area contributed by atoms with E-state index >= 15 is 0 Å². The zero-order valence-electron chi connectivity index (χ0n) is 6.46. The van der Waals surface area contributed by atoms with E-state index in [0.29, 0.717) is 0 Å². The lowest BCUT2D eigenvalue weighted by molar-refractivity contribution is -0.117. The Bertz CT molecular complexity index is 196. The molecule has 0 atom stereocenters. The number of allylic oxidation sites excluding steroid dienone is 3. The molecule has 0 rings (SSSR count). The van der Waals surface area contributed by atoms with Crippen molar-refractivity contribution in [2.75, 3.05) is 0 Å². The Kier molecular flexibility index (Phi) is 5.29. The van der Waals surface area contributed by atoms with Crippen molar-refractivity contribution in [3.8, 4) is 0 Å². The molecule has 0 aromatic rings. The smallest absolute Gasteiger partial charge is 0.226 e. The Labute approximate surface area is 71.2 Å². The summed E-state index contributed by atoms with van der Waals surface area (Å²) in [6.07, 6.45) is 5.07. The fourth-order valence-electron chi connectivity index (χ4n) is 0.391. The van der Waals surface area contributed by atoms with Gasteiger partial charge in [0.25, 0.3) is 0 Å². The number of hydrogen-bond donors (Lipinski definition) is 1. The number of rotatable bonds is 4. The van der Waals surface area contributed by atoms with Gasteiger partial charge in [-0.25, -0.2) is 0 Å². The summed E-state index contributed by atoms with van der Waals surface area (Å²) in [5.41, 5.74) is 0. The topological polar surface area (TPSA) is 29.1 Å². The molecule has 0 saturated carbocycles. The molecule has 0 radical (unpaired) electrons. The second-order valence-electron chi connectivity index (χ2n) is 1.77. The first kappa shape index (κ1) is 10.0. The van der Waals surface area contributed by atoms with Crippen LogP contribution >= 0.6 is 11.9 Å². The van der Waals surface area contributed by atoms with E-state index in [0.717, 1.165) is 4.91 Å². The second-order valence-corrected chi connectivity index (χ2v) is 2.65. The van der Waals surface area contributed by atoms with Crippen molar-refractivity contribution in [2.24, 2.45) is 0 Å². The Hall–Kier alpha value is -0.960. The van der Waals surface area contributed by atoms with E-state index in [4.69, 9.17) is 0 Å². The van der Waals surface area contributed by atoms with Gasteiger partial charge in [0.15, 0.2) is 0 Å². The van der Waals surface area contributed by atoms with E-state index in [-0.39, 0.29) is 5.91 Å². The quantitative estimate of drug-likeness (QED) is 0.515. The largest absolute Gasteiger partial charge is 0.296 e. The molecule has 0 aromatic carbocycles. The summed E-state index contributed by atoms with van der Waals surface area (Å²) in [6, 6.07) is 0. The Balaban J connectivity index is 3.88. The molecule has 11 heavy (non-hydrogen) atoms. The lowest BCUT2D eigenvalue weighted by Crippen LogP contribution is -2.09. The zero-order chi connectivity index (χ0) is 8.69. The van der Waals surface area contributed by atoms with Gasteiger partial charge in [-0.1, -0.05) is 25.3 Å². The van der Waals surface area contributed by atoms with Crippen molar-refractivity contribution in [2.45, 2.75) is 6.92 Å². The first-order valence-electron chi connectivity index (χ1n) is 3.09. The Morgan fingerprint density at radius 3 is 2.55 bits per heavy atom. The summed E-state index contributed by atoms with van der Waals surface area (Å²) in [5.74, 6) is -0.0770. The van der Waals surface area contributed by atoms with Gasteiger partial charge in [-0.15, -0.1) is 0 Å². The van der Waals surface area contributed by atoms with Gasteiger partial charge in [0, 0.05) is 11.8 Å². The molecule has 0 bridgehead atoms. The molecule has 0 fully saturated rings. The Morgan fingerprint density at radius 1 is 1.55 bits per heavy atom. The molecule has 0 aliphatic heterocycles. The third kappa shape index (κ3) is 5.48. The maximum absolute atomic E-state index is 10.4. The average molecular weight is 169 g/mol. The minimum absolute atomic E-state index is 0.0770. The van der Waals surface area contributed by atoms with Crippen molar-refractivity contribution in [1.82, 2.24) is 4.72 Å². The van der Waals surface area contributed by atoms with Crippen molar-refractivity contribution >= 4 is 17.9 Å². The summed E-state index contributed by atoms with van der Waals surface area (Å²) >= 11 is 1.23. The normalized spacial score (nSPS) is 10.5.